The van der Waals surface area contributed by atoms with Crippen molar-refractivity contribution in [2.75, 3.05) is 35.8 Å². The van der Waals surface area contributed by atoms with E-state index in [9.17, 15) is 18.0 Å². The van der Waals surface area contributed by atoms with Crippen molar-refractivity contribution in [3.63, 3.8) is 0 Å². The lowest BCUT2D eigenvalue weighted by molar-refractivity contribution is -0.174. The molecule has 0 aliphatic carbocycles. The number of rotatable bonds is 8. The lowest BCUT2D eigenvalue weighted by atomic mass is 9.99. The Kier molecular flexibility index (Phi) is 8.35. The van der Waals surface area contributed by atoms with E-state index in [1.165, 1.54) is 4.68 Å². The molecule has 1 amide bonds. The van der Waals surface area contributed by atoms with E-state index in [2.05, 4.69) is 30.4 Å². The number of nitrogens with zero attached hydrogens (tertiary/aromatic N) is 5. The minimum atomic E-state index is -4.34. The van der Waals surface area contributed by atoms with Crippen molar-refractivity contribution >= 4 is 36.9 Å². The van der Waals surface area contributed by atoms with Crippen LogP contribution in [-0.4, -0.2) is 58.1 Å². The minimum Gasteiger partial charge on any atom is -0.370 e. The molecule has 0 fully saturated rings. The predicted octanol–water partition coefficient (Wildman–Crippen LogP) is 2.70. The van der Waals surface area contributed by atoms with Crippen LogP contribution in [0.4, 0.5) is 30.6 Å². The maximum absolute atomic E-state index is 12.4. The summed E-state index contributed by atoms with van der Waals surface area (Å²) in [5.41, 5.74) is 2.06. The summed E-state index contributed by atoms with van der Waals surface area (Å²) < 4.78 is 42.4. The molecule has 1 atom stereocenters. The van der Waals surface area contributed by atoms with Gasteiger partial charge in [0.25, 0.3) is 0 Å². The highest BCUT2D eigenvalue weighted by molar-refractivity contribution is 7.59. The molecule has 0 unspecified atom stereocenters. The van der Waals surface area contributed by atoms with Gasteiger partial charge in [0.05, 0.1) is 25.0 Å². The molecular weight excluding hydrogens is 447 g/mol. The zero-order chi connectivity index (χ0) is 22.8. The summed E-state index contributed by atoms with van der Waals surface area (Å²) >= 11 is 0. The number of halogens is 3. The van der Waals surface area contributed by atoms with Crippen LogP contribution in [0, 0.1) is 12.8 Å². The Morgan fingerprint density at radius 1 is 1.31 bits per heavy atom. The van der Waals surface area contributed by atoms with E-state index in [1.807, 2.05) is 25.8 Å². The first-order valence-electron chi connectivity index (χ1n) is 9.87. The summed E-state index contributed by atoms with van der Waals surface area (Å²) in [4.78, 5) is 23.2. The standard InChI is InChI=1S/C19H26F3N7O2.H2S/c1-11(2)15-17(30)26-14-12(3)25-18(27-16(14)28(15)4)23-7-13-8-24-29(9-13)5-6-31-10-19(20,21)22;/h8-9,11,15H,5-7,10H2,1-4H3,(H,26,30)(H,23,25,27);1H2/t15-;/m0./s1. The number of carbonyl (C=O) groups is 1. The van der Waals surface area contributed by atoms with Gasteiger partial charge >= 0.3 is 6.18 Å². The Morgan fingerprint density at radius 3 is 2.69 bits per heavy atom. The molecule has 0 aromatic carbocycles. The lowest BCUT2D eigenvalue weighted by Crippen LogP contribution is -2.49. The number of nitrogens with one attached hydrogen (secondary N) is 2. The van der Waals surface area contributed by atoms with E-state index >= 15 is 0 Å². The predicted molar refractivity (Wildman–Crippen MR) is 119 cm³/mol. The van der Waals surface area contributed by atoms with E-state index in [1.54, 1.807) is 19.3 Å². The van der Waals surface area contributed by atoms with Crippen molar-refractivity contribution in [3.8, 4) is 0 Å². The SMILES string of the molecule is Cc1nc(NCc2cnn(CCOCC(F)(F)F)c2)nc2c1NC(=O)[C@H](C(C)C)N2C.S. The molecule has 3 rings (SSSR count). The highest BCUT2D eigenvalue weighted by atomic mass is 32.1. The summed E-state index contributed by atoms with van der Waals surface area (Å²) in [7, 11) is 1.84. The molecule has 0 bridgehead atoms. The van der Waals surface area contributed by atoms with Crippen molar-refractivity contribution < 1.29 is 22.7 Å². The van der Waals surface area contributed by atoms with Gasteiger partial charge in [-0.3, -0.25) is 9.48 Å². The first-order valence-corrected chi connectivity index (χ1v) is 9.87. The molecule has 32 heavy (non-hydrogen) atoms. The fraction of sp³-hybridized carbons (Fsp3) is 0.579. The van der Waals surface area contributed by atoms with E-state index in [-0.39, 0.29) is 44.5 Å². The minimum absolute atomic E-state index is 0. The molecule has 2 aromatic rings. The molecule has 0 saturated carbocycles. The third-order valence-corrected chi connectivity index (χ3v) is 4.84. The van der Waals surface area contributed by atoms with Crippen molar-refractivity contribution in [2.24, 2.45) is 5.92 Å². The third kappa shape index (κ3) is 6.25. The van der Waals surface area contributed by atoms with Gasteiger partial charge in [-0.2, -0.15) is 36.7 Å². The second kappa shape index (κ2) is 10.4. The normalized spacial score (nSPS) is 15.9. The maximum Gasteiger partial charge on any atom is 0.411 e. The number of alkyl halides is 3. The van der Waals surface area contributed by atoms with Crippen LogP contribution in [0.1, 0.15) is 25.1 Å². The summed E-state index contributed by atoms with van der Waals surface area (Å²) in [5, 5.41) is 10.2. The average Bonchev–Trinajstić information content (AvgIpc) is 3.11. The van der Waals surface area contributed by atoms with Gasteiger partial charge in [-0.1, -0.05) is 13.8 Å². The van der Waals surface area contributed by atoms with Crippen LogP contribution >= 0.6 is 13.5 Å². The largest absolute Gasteiger partial charge is 0.411 e. The van der Waals surface area contributed by atoms with Crippen LogP contribution in [0.2, 0.25) is 0 Å². The van der Waals surface area contributed by atoms with Gasteiger partial charge in [0, 0.05) is 25.4 Å². The van der Waals surface area contributed by atoms with Gasteiger partial charge in [-0.25, -0.2) is 4.98 Å². The summed E-state index contributed by atoms with van der Waals surface area (Å²) in [6.07, 6.45) is -1.00. The Morgan fingerprint density at radius 2 is 2.03 bits per heavy atom. The fourth-order valence-corrected chi connectivity index (χ4v) is 3.44. The molecule has 13 heteroatoms. The van der Waals surface area contributed by atoms with Crippen LogP contribution in [0.15, 0.2) is 12.4 Å². The first kappa shape index (κ1) is 25.7. The van der Waals surface area contributed by atoms with E-state index < -0.39 is 12.8 Å². The molecule has 1 aliphatic heterocycles. The molecule has 0 spiro atoms. The quantitative estimate of drug-likeness (QED) is 0.567. The Labute approximate surface area is 191 Å². The highest BCUT2D eigenvalue weighted by Gasteiger charge is 2.35. The van der Waals surface area contributed by atoms with Crippen molar-refractivity contribution in [1.29, 1.82) is 0 Å². The number of amides is 1. The molecule has 2 N–H and O–H groups in total. The smallest absolute Gasteiger partial charge is 0.370 e. The molecule has 3 heterocycles. The maximum atomic E-state index is 12.4. The van der Waals surface area contributed by atoms with E-state index in [4.69, 9.17) is 0 Å². The van der Waals surface area contributed by atoms with Gasteiger partial charge in [0.15, 0.2) is 5.82 Å². The summed E-state index contributed by atoms with van der Waals surface area (Å²) in [6, 6.07) is -0.326. The summed E-state index contributed by atoms with van der Waals surface area (Å²) in [5.74, 6) is 1.08. The number of aryl methyl sites for hydroxylation is 1. The number of likely N-dealkylation sites (N-methyl/N-ethyl adjacent to an activating group) is 1. The molecule has 2 aromatic heterocycles. The number of fused-ring (bicyclic) bond motifs is 1. The molecule has 0 radical (unpaired) electrons. The molecule has 1 aliphatic rings. The number of anilines is 3. The summed E-state index contributed by atoms with van der Waals surface area (Å²) in [6.45, 7) is 4.99. The number of ether oxygens (including phenoxy) is 1. The highest BCUT2D eigenvalue weighted by Crippen LogP contribution is 2.34. The van der Waals surface area contributed by atoms with Crippen LogP contribution in [0.3, 0.4) is 0 Å². The zero-order valence-electron chi connectivity index (χ0n) is 18.3. The third-order valence-electron chi connectivity index (χ3n) is 4.84. The lowest BCUT2D eigenvalue weighted by Gasteiger charge is -2.36. The Balaban J connectivity index is 0.00000363. The van der Waals surface area contributed by atoms with Crippen LogP contribution in [-0.2, 0) is 22.6 Å². The molecule has 178 valence electrons. The van der Waals surface area contributed by atoms with Crippen molar-refractivity contribution in [2.45, 2.75) is 46.1 Å². The van der Waals surface area contributed by atoms with Crippen LogP contribution in [0.5, 0.6) is 0 Å². The van der Waals surface area contributed by atoms with Gasteiger partial charge < -0.3 is 20.3 Å². The molecule has 0 saturated heterocycles. The number of hydrogen-bond acceptors (Lipinski definition) is 7. The topological polar surface area (TPSA) is 97.2 Å². The molecule has 9 nitrogen and oxygen atoms in total. The van der Waals surface area contributed by atoms with Gasteiger partial charge in [-0.05, 0) is 12.8 Å². The van der Waals surface area contributed by atoms with Crippen LogP contribution in [0.25, 0.3) is 0 Å². The average molecular weight is 476 g/mol. The van der Waals surface area contributed by atoms with Crippen molar-refractivity contribution in [1.82, 2.24) is 19.7 Å². The first-order chi connectivity index (χ1) is 14.5. The second-order valence-electron chi connectivity index (χ2n) is 7.75. The van der Waals surface area contributed by atoms with Crippen LogP contribution < -0.4 is 15.5 Å². The van der Waals surface area contributed by atoms with Gasteiger partial charge in [-0.15, -0.1) is 0 Å². The van der Waals surface area contributed by atoms with E-state index in [0.29, 0.717) is 29.7 Å². The number of aromatic nitrogens is 4. The zero-order valence-corrected chi connectivity index (χ0v) is 19.3. The monoisotopic (exact) mass is 475 g/mol. The Bertz CT molecular complexity index is 936. The number of hydrogen-bond donors (Lipinski definition) is 2. The van der Waals surface area contributed by atoms with E-state index in [0.717, 1.165) is 5.56 Å². The fourth-order valence-electron chi connectivity index (χ4n) is 3.44. The second-order valence-corrected chi connectivity index (χ2v) is 7.75. The number of carbonyl (C=O) groups excluding carboxylic acids is 1. The Hall–Kier alpha value is -2.54. The van der Waals surface area contributed by atoms with Gasteiger partial charge in [0.1, 0.15) is 18.3 Å². The molecular formula is C19H28F3N7O2S. The van der Waals surface area contributed by atoms with Crippen molar-refractivity contribution in [3.05, 3.63) is 23.7 Å². The van der Waals surface area contributed by atoms with Gasteiger partial charge in [0.2, 0.25) is 11.9 Å².